The van der Waals surface area contributed by atoms with Crippen molar-refractivity contribution in [2.45, 2.75) is 26.8 Å². The zero-order valence-corrected chi connectivity index (χ0v) is 13.9. The molecule has 0 aromatic heterocycles. The van der Waals surface area contributed by atoms with Crippen molar-refractivity contribution in [3.63, 3.8) is 0 Å². The van der Waals surface area contributed by atoms with Gasteiger partial charge in [-0.15, -0.1) is 11.6 Å². The second-order valence-corrected chi connectivity index (χ2v) is 7.23. The number of hydrogen-bond acceptors (Lipinski definition) is 3. The molecule has 0 aliphatic carbocycles. The molecule has 1 N–H and O–H groups in total. The van der Waals surface area contributed by atoms with E-state index in [2.05, 4.69) is 4.72 Å². The summed E-state index contributed by atoms with van der Waals surface area (Å²) in [6, 6.07) is 5.35. The van der Waals surface area contributed by atoms with Crippen molar-refractivity contribution in [3.8, 4) is 5.75 Å². The fourth-order valence-electron chi connectivity index (χ4n) is 1.99. The summed E-state index contributed by atoms with van der Waals surface area (Å²) in [5, 5.41) is 0. The summed E-state index contributed by atoms with van der Waals surface area (Å²) in [5.41, 5.74) is 1.88. The molecule has 1 aromatic carbocycles. The minimum atomic E-state index is -3.37. The number of halogens is 1. The van der Waals surface area contributed by atoms with Crippen molar-refractivity contribution in [2.24, 2.45) is 5.92 Å². The molecule has 0 aliphatic heterocycles. The molecule has 1 aromatic rings. The Balaban J connectivity index is 2.91. The third-order valence-corrected chi connectivity index (χ3v) is 5.22. The second-order valence-electron chi connectivity index (χ2n) is 5.13. The smallest absolute Gasteiger partial charge is 0.212 e. The van der Waals surface area contributed by atoms with Crippen LogP contribution in [0.5, 0.6) is 5.75 Å². The Morgan fingerprint density at radius 2 is 2.00 bits per heavy atom. The van der Waals surface area contributed by atoms with Crippen LogP contribution >= 0.6 is 11.6 Å². The number of benzene rings is 1. The average Bonchev–Trinajstić information content (AvgIpc) is 2.37. The molecule has 1 rings (SSSR count). The Bertz CT molecular complexity index is 545. The van der Waals surface area contributed by atoms with Gasteiger partial charge in [0.05, 0.1) is 12.9 Å². The molecule has 6 heteroatoms. The quantitative estimate of drug-likeness (QED) is 0.786. The van der Waals surface area contributed by atoms with Crippen molar-refractivity contribution in [2.75, 3.05) is 18.7 Å². The molecule has 0 spiro atoms. The fraction of sp³-hybridized carbons (Fsp3) is 0.571. The van der Waals surface area contributed by atoms with E-state index in [0.717, 1.165) is 11.1 Å². The summed E-state index contributed by atoms with van der Waals surface area (Å²) in [5.74, 6) is 0.940. The molecule has 0 heterocycles. The van der Waals surface area contributed by atoms with E-state index in [-0.39, 0.29) is 17.7 Å². The third-order valence-electron chi connectivity index (χ3n) is 2.98. The Kier molecular flexibility index (Phi) is 6.30. The van der Waals surface area contributed by atoms with Gasteiger partial charge in [-0.1, -0.05) is 24.6 Å². The van der Waals surface area contributed by atoms with Gasteiger partial charge in [-0.3, -0.25) is 0 Å². The molecule has 0 saturated heterocycles. The number of hydrogen-bond donors (Lipinski definition) is 1. The second kappa shape index (κ2) is 7.29. The molecular weight excluding hydrogens is 298 g/mol. The summed E-state index contributed by atoms with van der Waals surface area (Å²) >= 11 is 5.67. The van der Waals surface area contributed by atoms with Crippen LogP contribution in [0.2, 0.25) is 0 Å². The fourth-order valence-corrected chi connectivity index (χ4v) is 3.86. The molecular formula is C14H22ClNO3S. The van der Waals surface area contributed by atoms with E-state index >= 15 is 0 Å². The van der Waals surface area contributed by atoms with Gasteiger partial charge in [0.2, 0.25) is 10.0 Å². The maximum absolute atomic E-state index is 12.1. The summed E-state index contributed by atoms with van der Waals surface area (Å²) in [6.45, 7) is 5.57. The number of sulfonamides is 1. The summed E-state index contributed by atoms with van der Waals surface area (Å²) in [7, 11) is -1.79. The van der Waals surface area contributed by atoms with Crippen LogP contribution < -0.4 is 9.46 Å². The predicted octanol–water partition coefficient (Wildman–Crippen LogP) is 2.86. The van der Waals surface area contributed by atoms with Crippen LogP contribution in [-0.2, 0) is 10.0 Å². The summed E-state index contributed by atoms with van der Waals surface area (Å²) in [4.78, 5) is 0. The SMILES string of the molecule is COc1ccc(C)cc1C(C)NS(=O)(=O)CC(C)CCl. The van der Waals surface area contributed by atoms with Crippen molar-refractivity contribution in [3.05, 3.63) is 29.3 Å². The van der Waals surface area contributed by atoms with E-state index in [4.69, 9.17) is 16.3 Å². The number of ether oxygens (including phenoxy) is 1. The lowest BCUT2D eigenvalue weighted by atomic mass is 10.1. The molecule has 0 saturated carbocycles. The van der Waals surface area contributed by atoms with Crippen LogP contribution in [-0.4, -0.2) is 27.2 Å². The summed E-state index contributed by atoms with van der Waals surface area (Å²) in [6.07, 6.45) is 0. The van der Waals surface area contributed by atoms with E-state index in [1.807, 2.05) is 32.0 Å². The number of aryl methyl sites for hydroxylation is 1. The maximum Gasteiger partial charge on any atom is 0.212 e. The molecule has 0 amide bonds. The minimum Gasteiger partial charge on any atom is -0.496 e. The zero-order chi connectivity index (χ0) is 15.3. The minimum absolute atomic E-state index is 0.0228. The van der Waals surface area contributed by atoms with Crippen LogP contribution in [0.4, 0.5) is 0 Å². The normalized spacial score (nSPS) is 14.8. The lowest BCUT2D eigenvalue weighted by Gasteiger charge is -2.19. The van der Waals surface area contributed by atoms with E-state index < -0.39 is 10.0 Å². The Morgan fingerprint density at radius 3 is 2.55 bits per heavy atom. The van der Waals surface area contributed by atoms with E-state index in [1.54, 1.807) is 14.0 Å². The molecule has 0 fully saturated rings. The van der Waals surface area contributed by atoms with E-state index in [1.165, 1.54) is 0 Å². The Hall–Kier alpha value is -0.780. The monoisotopic (exact) mass is 319 g/mol. The first-order chi connectivity index (χ1) is 9.29. The van der Waals surface area contributed by atoms with Crippen molar-refractivity contribution < 1.29 is 13.2 Å². The van der Waals surface area contributed by atoms with E-state index in [9.17, 15) is 8.42 Å². The van der Waals surface area contributed by atoms with Crippen LogP contribution in [0.15, 0.2) is 18.2 Å². The van der Waals surface area contributed by atoms with Crippen LogP contribution in [0.1, 0.15) is 31.0 Å². The predicted molar refractivity (Wildman–Crippen MR) is 83.0 cm³/mol. The van der Waals surface area contributed by atoms with Gasteiger partial charge in [-0.2, -0.15) is 0 Å². The van der Waals surface area contributed by atoms with Gasteiger partial charge in [0, 0.05) is 17.5 Å². The first kappa shape index (κ1) is 17.3. The van der Waals surface area contributed by atoms with Crippen LogP contribution in [0.3, 0.4) is 0 Å². The standard InChI is InChI=1S/C14H22ClNO3S/c1-10-5-6-14(19-4)13(7-10)12(3)16-20(17,18)9-11(2)8-15/h5-7,11-12,16H,8-9H2,1-4H3. The lowest BCUT2D eigenvalue weighted by Crippen LogP contribution is -2.32. The van der Waals surface area contributed by atoms with Gasteiger partial charge < -0.3 is 4.74 Å². The highest BCUT2D eigenvalue weighted by molar-refractivity contribution is 7.89. The zero-order valence-electron chi connectivity index (χ0n) is 12.3. The van der Waals surface area contributed by atoms with Crippen LogP contribution in [0, 0.1) is 12.8 Å². The number of methoxy groups -OCH3 is 1. The van der Waals surface area contributed by atoms with Gasteiger partial charge in [0.1, 0.15) is 5.75 Å². The highest BCUT2D eigenvalue weighted by atomic mass is 35.5. The highest BCUT2D eigenvalue weighted by Gasteiger charge is 2.20. The van der Waals surface area contributed by atoms with Gasteiger partial charge in [0.15, 0.2) is 0 Å². The van der Waals surface area contributed by atoms with Gasteiger partial charge >= 0.3 is 0 Å². The number of alkyl halides is 1. The molecule has 114 valence electrons. The molecule has 0 radical (unpaired) electrons. The van der Waals surface area contributed by atoms with Gasteiger partial charge in [-0.25, -0.2) is 13.1 Å². The van der Waals surface area contributed by atoms with Gasteiger partial charge in [-0.05, 0) is 25.8 Å². The Labute approximate surface area is 126 Å². The molecule has 0 bridgehead atoms. The molecule has 0 aliphatic rings. The molecule has 20 heavy (non-hydrogen) atoms. The lowest BCUT2D eigenvalue weighted by molar-refractivity contribution is 0.405. The first-order valence-electron chi connectivity index (χ1n) is 6.49. The topological polar surface area (TPSA) is 55.4 Å². The van der Waals surface area contributed by atoms with Crippen molar-refractivity contribution >= 4 is 21.6 Å². The van der Waals surface area contributed by atoms with E-state index in [0.29, 0.717) is 11.6 Å². The molecule has 4 nitrogen and oxygen atoms in total. The van der Waals surface area contributed by atoms with Crippen molar-refractivity contribution in [1.82, 2.24) is 4.72 Å². The average molecular weight is 320 g/mol. The third kappa shape index (κ3) is 4.96. The number of rotatable bonds is 7. The molecule has 2 atom stereocenters. The van der Waals surface area contributed by atoms with Gasteiger partial charge in [0.25, 0.3) is 0 Å². The Morgan fingerprint density at radius 1 is 1.35 bits per heavy atom. The maximum atomic E-state index is 12.1. The first-order valence-corrected chi connectivity index (χ1v) is 8.68. The van der Waals surface area contributed by atoms with Crippen molar-refractivity contribution in [1.29, 1.82) is 0 Å². The largest absolute Gasteiger partial charge is 0.496 e. The van der Waals surface area contributed by atoms with Crippen LogP contribution in [0.25, 0.3) is 0 Å². The number of nitrogens with one attached hydrogen (secondary N) is 1. The summed E-state index contributed by atoms with van der Waals surface area (Å²) < 4.78 is 32.1. The molecule has 2 unspecified atom stereocenters. The highest BCUT2D eigenvalue weighted by Crippen LogP contribution is 2.26.